The van der Waals surface area contributed by atoms with Crippen LogP contribution in [0, 0.1) is 23.3 Å². The standard InChI is InChI=1S/C22H18F4N4O2/c1-12-10-30-20(11-29(12)22(32)28-14-3-5-17(24)19(26)8-14)15(9-27-30)21(31)7-13-2-4-16(23)18(25)6-13/h2-6,8-9,12H,7,10-11H2,1H3,(H,28,32)/t12-/m1/s1. The minimum atomic E-state index is -1.09. The fraction of sp³-hybridized carbons (Fsp3) is 0.227. The number of nitrogens with one attached hydrogen (secondary N) is 1. The van der Waals surface area contributed by atoms with Crippen molar-refractivity contribution in [3.63, 3.8) is 0 Å². The smallest absolute Gasteiger partial charge is 0.314 e. The molecule has 2 aromatic carbocycles. The summed E-state index contributed by atoms with van der Waals surface area (Å²) in [5, 5.41) is 6.73. The first-order chi connectivity index (χ1) is 15.2. The van der Waals surface area contributed by atoms with Crippen molar-refractivity contribution in [2.24, 2.45) is 0 Å². The Morgan fingerprint density at radius 3 is 2.41 bits per heavy atom. The maximum absolute atomic E-state index is 13.5. The number of nitrogens with zero attached hydrogens (tertiary/aromatic N) is 3. The largest absolute Gasteiger partial charge is 0.322 e. The van der Waals surface area contributed by atoms with E-state index in [-0.39, 0.29) is 36.0 Å². The Balaban J connectivity index is 1.52. The zero-order valence-corrected chi connectivity index (χ0v) is 16.9. The molecular weight excluding hydrogens is 428 g/mol. The highest BCUT2D eigenvalue weighted by Gasteiger charge is 2.31. The van der Waals surface area contributed by atoms with E-state index in [1.165, 1.54) is 23.2 Å². The lowest BCUT2D eigenvalue weighted by molar-refractivity contribution is 0.0987. The molecule has 0 fully saturated rings. The van der Waals surface area contributed by atoms with Crippen molar-refractivity contribution in [2.45, 2.75) is 32.5 Å². The number of fused-ring (bicyclic) bond motifs is 1. The lowest BCUT2D eigenvalue weighted by Crippen LogP contribution is -2.47. The average Bonchev–Trinajstić information content (AvgIpc) is 3.15. The van der Waals surface area contributed by atoms with Gasteiger partial charge in [0, 0.05) is 18.2 Å². The second kappa shape index (κ2) is 8.45. The van der Waals surface area contributed by atoms with Gasteiger partial charge in [0.1, 0.15) is 0 Å². The number of anilines is 1. The van der Waals surface area contributed by atoms with E-state index in [9.17, 15) is 27.2 Å². The number of carbonyl (C=O) groups is 2. The van der Waals surface area contributed by atoms with Gasteiger partial charge in [-0.05, 0) is 36.8 Å². The van der Waals surface area contributed by atoms with Gasteiger partial charge in [-0.25, -0.2) is 22.4 Å². The van der Waals surface area contributed by atoms with Crippen molar-refractivity contribution in [1.29, 1.82) is 0 Å². The van der Waals surface area contributed by atoms with E-state index in [1.807, 2.05) is 0 Å². The summed E-state index contributed by atoms with van der Waals surface area (Å²) in [4.78, 5) is 27.0. The molecule has 1 aliphatic heterocycles. The number of carbonyl (C=O) groups excluding carboxylic acids is 2. The number of amides is 2. The highest BCUT2D eigenvalue weighted by Crippen LogP contribution is 2.23. The number of hydrogen-bond donors (Lipinski definition) is 1. The molecule has 0 spiro atoms. The molecule has 3 aromatic rings. The lowest BCUT2D eigenvalue weighted by atomic mass is 10.0. The third-order valence-electron chi connectivity index (χ3n) is 5.32. The van der Waals surface area contributed by atoms with Crippen LogP contribution in [-0.2, 0) is 19.5 Å². The second-order valence-corrected chi connectivity index (χ2v) is 7.57. The first-order valence-electron chi connectivity index (χ1n) is 9.77. The highest BCUT2D eigenvalue weighted by atomic mass is 19.2. The number of Topliss-reactive ketones (excluding diaryl/α,β-unsaturated/α-hetero) is 1. The number of halogens is 4. The van der Waals surface area contributed by atoms with Crippen LogP contribution in [0.2, 0.25) is 0 Å². The van der Waals surface area contributed by atoms with Crippen molar-refractivity contribution in [3.05, 3.63) is 82.7 Å². The summed E-state index contributed by atoms with van der Waals surface area (Å²) >= 11 is 0. The Bertz CT molecular complexity index is 1210. The Hall–Kier alpha value is -3.69. The molecule has 1 N–H and O–H groups in total. The molecule has 1 aliphatic rings. The van der Waals surface area contributed by atoms with E-state index in [0.717, 1.165) is 24.3 Å². The van der Waals surface area contributed by atoms with E-state index in [0.29, 0.717) is 17.8 Å². The van der Waals surface area contributed by atoms with Gasteiger partial charge in [0.05, 0.1) is 36.6 Å². The number of ketones is 1. The fourth-order valence-electron chi connectivity index (χ4n) is 3.61. The van der Waals surface area contributed by atoms with Crippen LogP contribution >= 0.6 is 0 Å². The molecule has 0 saturated carbocycles. The summed E-state index contributed by atoms with van der Waals surface area (Å²) in [6.07, 6.45) is 1.23. The average molecular weight is 446 g/mol. The Labute approximate surface area is 180 Å². The summed E-state index contributed by atoms with van der Waals surface area (Å²) in [5.74, 6) is -4.50. The number of urea groups is 1. The molecule has 0 saturated heterocycles. The zero-order valence-electron chi connectivity index (χ0n) is 16.9. The highest BCUT2D eigenvalue weighted by molar-refractivity contribution is 5.98. The van der Waals surface area contributed by atoms with E-state index >= 15 is 0 Å². The molecule has 2 heterocycles. The van der Waals surface area contributed by atoms with E-state index in [4.69, 9.17) is 0 Å². The fourth-order valence-corrected chi connectivity index (χ4v) is 3.61. The molecule has 0 aliphatic carbocycles. The Kier molecular flexibility index (Phi) is 5.68. The van der Waals surface area contributed by atoms with Gasteiger partial charge >= 0.3 is 6.03 Å². The Morgan fingerprint density at radius 2 is 1.72 bits per heavy atom. The summed E-state index contributed by atoms with van der Waals surface area (Å²) in [5.41, 5.74) is 1.17. The molecule has 0 radical (unpaired) electrons. The van der Waals surface area contributed by atoms with Gasteiger partial charge in [0.2, 0.25) is 0 Å². The zero-order chi connectivity index (χ0) is 23.0. The summed E-state index contributed by atoms with van der Waals surface area (Å²) in [6.45, 7) is 2.16. The normalized spacial score (nSPS) is 15.4. The third kappa shape index (κ3) is 4.20. The third-order valence-corrected chi connectivity index (χ3v) is 5.32. The van der Waals surface area contributed by atoms with Crippen LogP contribution in [0.15, 0.2) is 42.6 Å². The first kappa shape index (κ1) is 21.5. The van der Waals surface area contributed by atoms with Crippen LogP contribution in [0.4, 0.5) is 28.0 Å². The van der Waals surface area contributed by atoms with Crippen LogP contribution in [0.3, 0.4) is 0 Å². The minimum Gasteiger partial charge on any atom is -0.314 e. The topological polar surface area (TPSA) is 67.2 Å². The van der Waals surface area contributed by atoms with Crippen LogP contribution in [0.25, 0.3) is 0 Å². The minimum absolute atomic E-state index is 0.0511. The Morgan fingerprint density at radius 1 is 1.03 bits per heavy atom. The quantitative estimate of drug-likeness (QED) is 0.480. The molecule has 10 heteroatoms. The molecule has 1 aromatic heterocycles. The summed E-state index contributed by atoms with van der Waals surface area (Å²) in [6, 6.07) is 5.45. The number of benzene rings is 2. The van der Waals surface area contributed by atoms with Crippen LogP contribution in [-0.4, -0.2) is 32.5 Å². The predicted octanol–water partition coefficient (Wildman–Crippen LogP) is 4.30. The van der Waals surface area contributed by atoms with Crippen molar-refractivity contribution in [1.82, 2.24) is 14.7 Å². The van der Waals surface area contributed by atoms with E-state index in [1.54, 1.807) is 11.6 Å². The molecular formula is C22H18F4N4O2. The van der Waals surface area contributed by atoms with Crippen LogP contribution in [0.1, 0.15) is 28.5 Å². The van der Waals surface area contributed by atoms with Crippen molar-refractivity contribution >= 4 is 17.5 Å². The van der Waals surface area contributed by atoms with Crippen LogP contribution in [0.5, 0.6) is 0 Å². The van der Waals surface area contributed by atoms with Gasteiger partial charge in [0.25, 0.3) is 0 Å². The van der Waals surface area contributed by atoms with Gasteiger partial charge in [-0.1, -0.05) is 6.07 Å². The van der Waals surface area contributed by atoms with Gasteiger partial charge in [-0.2, -0.15) is 5.10 Å². The maximum Gasteiger partial charge on any atom is 0.322 e. The predicted molar refractivity (Wildman–Crippen MR) is 107 cm³/mol. The number of rotatable bonds is 4. The van der Waals surface area contributed by atoms with Gasteiger partial charge in [0.15, 0.2) is 29.1 Å². The SMILES string of the molecule is C[C@@H]1Cn2ncc(C(=O)Cc3ccc(F)c(F)c3)c2CN1C(=O)Nc1ccc(F)c(F)c1. The lowest BCUT2D eigenvalue weighted by Gasteiger charge is -2.34. The molecule has 2 amide bonds. The van der Waals surface area contributed by atoms with Crippen molar-refractivity contribution in [2.75, 3.05) is 5.32 Å². The van der Waals surface area contributed by atoms with Crippen molar-refractivity contribution in [3.8, 4) is 0 Å². The van der Waals surface area contributed by atoms with E-state index in [2.05, 4.69) is 10.4 Å². The number of hydrogen-bond acceptors (Lipinski definition) is 3. The molecule has 0 unspecified atom stereocenters. The first-order valence-corrected chi connectivity index (χ1v) is 9.77. The maximum atomic E-state index is 13.5. The second-order valence-electron chi connectivity index (χ2n) is 7.57. The monoisotopic (exact) mass is 446 g/mol. The molecule has 0 bridgehead atoms. The number of aromatic nitrogens is 2. The molecule has 1 atom stereocenters. The van der Waals surface area contributed by atoms with Gasteiger partial charge in [-0.15, -0.1) is 0 Å². The van der Waals surface area contributed by atoms with Gasteiger partial charge < -0.3 is 10.2 Å². The van der Waals surface area contributed by atoms with E-state index < -0.39 is 29.3 Å². The van der Waals surface area contributed by atoms with Crippen molar-refractivity contribution < 1.29 is 27.2 Å². The van der Waals surface area contributed by atoms with Crippen LogP contribution < -0.4 is 5.32 Å². The van der Waals surface area contributed by atoms with Gasteiger partial charge in [-0.3, -0.25) is 9.48 Å². The molecule has 4 rings (SSSR count). The molecule has 6 nitrogen and oxygen atoms in total. The summed E-state index contributed by atoms with van der Waals surface area (Å²) in [7, 11) is 0. The molecule has 166 valence electrons. The molecule has 32 heavy (non-hydrogen) atoms. The summed E-state index contributed by atoms with van der Waals surface area (Å²) < 4.78 is 54.8.